The Labute approximate surface area is 100.0 Å². The lowest BCUT2D eigenvalue weighted by atomic mass is 9.98. The molecule has 1 saturated heterocycles. The topological polar surface area (TPSA) is 86.7 Å². The van der Waals surface area contributed by atoms with E-state index in [0.29, 0.717) is 19.5 Å². The summed E-state index contributed by atoms with van der Waals surface area (Å²) in [6.07, 6.45) is 1.58. The molecule has 0 bridgehead atoms. The third kappa shape index (κ3) is 4.42. The van der Waals surface area contributed by atoms with Crippen LogP contribution in [0, 0.1) is 5.92 Å². The summed E-state index contributed by atoms with van der Waals surface area (Å²) < 4.78 is 0. The molecule has 6 heteroatoms. The summed E-state index contributed by atoms with van der Waals surface area (Å²) in [5.74, 6) is -1.55. The van der Waals surface area contributed by atoms with E-state index in [1.807, 2.05) is 0 Å². The molecule has 1 aliphatic rings. The fraction of sp³-hybridized carbons (Fsp3) is 0.727. The van der Waals surface area contributed by atoms with Gasteiger partial charge in [-0.05, 0) is 12.8 Å². The average Bonchev–Trinajstić information content (AvgIpc) is 2.28. The Morgan fingerprint density at radius 3 is 2.71 bits per heavy atom. The number of rotatable bonds is 4. The van der Waals surface area contributed by atoms with E-state index in [0.717, 1.165) is 6.42 Å². The summed E-state index contributed by atoms with van der Waals surface area (Å²) in [5.41, 5.74) is 0. The molecule has 1 heterocycles. The Kier molecular flexibility index (Phi) is 4.93. The molecule has 0 aromatic rings. The highest BCUT2D eigenvalue weighted by atomic mass is 16.4. The minimum absolute atomic E-state index is 0.0929. The Hall–Kier alpha value is -1.59. The lowest BCUT2D eigenvalue weighted by Crippen LogP contribution is -2.43. The molecular formula is C11H18N2O4. The molecule has 0 aromatic heterocycles. The number of hydrogen-bond acceptors (Lipinski definition) is 3. The number of nitrogens with zero attached hydrogens (tertiary/aromatic N) is 1. The zero-order valence-electron chi connectivity index (χ0n) is 9.94. The van der Waals surface area contributed by atoms with Gasteiger partial charge < -0.3 is 15.3 Å². The fourth-order valence-electron chi connectivity index (χ4n) is 1.91. The minimum atomic E-state index is -0.843. The summed E-state index contributed by atoms with van der Waals surface area (Å²) in [6.45, 7) is 2.60. The molecule has 17 heavy (non-hydrogen) atoms. The van der Waals surface area contributed by atoms with E-state index in [9.17, 15) is 14.4 Å². The number of carboxylic acids is 1. The SMILES string of the molecule is CC(=O)NCCC(=O)N1CCC[C@H](C(=O)O)C1. The number of carbonyl (C=O) groups is 3. The van der Waals surface area contributed by atoms with Crippen molar-refractivity contribution in [3.63, 3.8) is 0 Å². The van der Waals surface area contributed by atoms with Crippen LogP contribution < -0.4 is 5.32 Å². The highest BCUT2D eigenvalue weighted by Gasteiger charge is 2.27. The van der Waals surface area contributed by atoms with Crippen LogP contribution in [-0.2, 0) is 14.4 Å². The molecule has 0 aliphatic carbocycles. The molecule has 1 fully saturated rings. The van der Waals surface area contributed by atoms with E-state index in [4.69, 9.17) is 5.11 Å². The van der Waals surface area contributed by atoms with Crippen molar-refractivity contribution >= 4 is 17.8 Å². The highest BCUT2D eigenvalue weighted by molar-refractivity contribution is 5.79. The zero-order chi connectivity index (χ0) is 12.8. The van der Waals surface area contributed by atoms with Gasteiger partial charge in [0.2, 0.25) is 11.8 Å². The largest absolute Gasteiger partial charge is 0.481 e. The van der Waals surface area contributed by atoms with E-state index in [1.54, 1.807) is 4.90 Å². The number of carboxylic acid groups (broad SMARTS) is 1. The Morgan fingerprint density at radius 2 is 2.12 bits per heavy atom. The quantitative estimate of drug-likeness (QED) is 0.717. The molecule has 2 N–H and O–H groups in total. The van der Waals surface area contributed by atoms with Crippen LogP contribution in [0.3, 0.4) is 0 Å². The third-order valence-electron chi connectivity index (χ3n) is 2.84. The van der Waals surface area contributed by atoms with Crippen molar-refractivity contribution in [2.75, 3.05) is 19.6 Å². The number of carbonyl (C=O) groups excluding carboxylic acids is 2. The van der Waals surface area contributed by atoms with Crippen molar-refractivity contribution < 1.29 is 19.5 Å². The van der Waals surface area contributed by atoms with Gasteiger partial charge in [0, 0.05) is 33.0 Å². The van der Waals surface area contributed by atoms with Crippen LogP contribution in [0.4, 0.5) is 0 Å². The van der Waals surface area contributed by atoms with Gasteiger partial charge in [0.15, 0.2) is 0 Å². The Morgan fingerprint density at radius 1 is 1.41 bits per heavy atom. The van der Waals surface area contributed by atoms with Gasteiger partial charge in [-0.15, -0.1) is 0 Å². The third-order valence-corrected chi connectivity index (χ3v) is 2.84. The summed E-state index contributed by atoms with van der Waals surface area (Å²) >= 11 is 0. The second kappa shape index (κ2) is 6.22. The van der Waals surface area contributed by atoms with Gasteiger partial charge in [-0.3, -0.25) is 14.4 Å². The first-order valence-corrected chi connectivity index (χ1v) is 5.75. The van der Waals surface area contributed by atoms with Gasteiger partial charge in [0.1, 0.15) is 0 Å². The van der Waals surface area contributed by atoms with Crippen molar-refractivity contribution in [1.82, 2.24) is 10.2 Å². The molecule has 96 valence electrons. The van der Waals surface area contributed by atoms with Gasteiger partial charge >= 0.3 is 5.97 Å². The van der Waals surface area contributed by atoms with Crippen molar-refractivity contribution in [3.05, 3.63) is 0 Å². The van der Waals surface area contributed by atoms with Crippen LogP contribution >= 0.6 is 0 Å². The highest BCUT2D eigenvalue weighted by Crippen LogP contribution is 2.17. The number of nitrogens with one attached hydrogen (secondary N) is 1. The van der Waals surface area contributed by atoms with E-state index in [2.05, 4.69) is 5.32 Å². The van der Waals surface area contributed by atoms with Crippen LogP contribution in [0.2, 0.25) is 0 Å². The monoisotopic (exact) mass is 242 g/mol. The van der Waals surface area contributed by atoms with Crippen molar-refractivity contribution in [1.29, 1.82) is 0 Å². The average molecular weight is 242 g/mol. The van der Waals surface area contributed by atoms with E-state index in [1.165, 1.54) is 6.92 Å². The van der Waals surface area contributed by atoms with Gasteiger partial charge in [0.05, 0.1) is 5.92 Å². The maximum atomic E-state index is 11.7. The molecule has 0 saturated carbocycles. The summed E-state index contributed by atoms with van der Waals surface area (Å²) in [5, 5.41) is 11.4. The van der Waals surface area contributed by atoms with E-state index in [-0.39, 0.29) is 24.8 Å². The second-order valence-corrected chi connectivity index (χ2v) is 4.25. The van der Waals surface area contributed by atoms with Crippen LogP contribution in [-0.4, -0.2) is 47.4 Å². The fourth-order valence-corrected chi connectivity index (χ4v) is 1.91. The summed E-state index contributed by atoms with van der Waals surface area (Å²) in [7, 11) is 0. The lowest BCUT2D eigenvalue weighted by molar-refractivity contribution is -0.145. The first-order chi connectivity index (χ1) is 8.00. The Bertz CT molecular complexity index is 317. The Balaban J connectivity index is 2.35. The smallest absolute Gasteiger partial charge is 0.308 e. The summed E-state index contributed by atoms with van der Waals surface area (Å²) in [6, 6.07) is 0. The molecule has 0 aromatic carbocycles. The van der Waals surface area contributed by atoms with Crippen LogP contribution in [0.5, 0.6) is 0 Å². The van der Waals surface area contributed by atoms with Gasteiger partial charge in [-0.2, -0.15) is 0 Å². The second-order valence-electron chi connectivity index (χ2n) is 4.25. The van der Waals surface area contributed by atoms with Gasteiger partial charge in [-0.1, -0.05) is 0 Å². The molecule has 0 spiro atoms. The maximum Gasteiger partial charge on any atom is 0.308 e. The molecule has 2 amide bonds. The number of amides is 2. The van der Waals surface area contributed by atoms with E-state index < -0.39 is 11.9 Å². The van der Waals surface area contributed by atoms with Crippen molar-refractivity contribution in [3.8, 4) is 0 Å². The van der Waals surface area contributed by atoms with Gasteiger partial charge in [-0.25, -0.2) is 0 Å². The van der Waals surface area contributed by atoms with Crippen molar-refractivity contribution in [2.24, 2.45) is 5.92 Å². The van der Waals surface area contributed by atoms with Gasteiger partial charge in [0.25, 0.3) is 0 Å². The lowest BCUT2D eigenvalue weighted by Gasteiger charge is -2.30. The molecule has 6 nitrogen and oxygen atoms in total. The standard InChI is InChI=1S/C11H18N2O4/c1-8(14)12-5-4-10(15)13-6-2-3-9(7-13)11(16)17/h9H,2-7H2,1H3,(H,12,14)(H,16,17)/t9-/m0/s1. The van der Waals surface area contributed by atoms with Crippen molar-refractivity contribution in [2.45, 2.75) is 26.2 Å². The summed E-state index contributed by atoms with van der Waals surface area (Å²) in [4.78, 5) is 34.8. The number of piperidine rings is 1. The molecule has 1 rings (SSSR count). The molecule has 1 aliphatic heterocycles. The molecule has 0 radical (unpaired) electrons. The molecule has 0 unspecified atom stereocenters. The maximum absolute atomic E-state index is 11.7. The number of aliphatic carboxylic acids is 1. The van der Waals surface area contributed by atoms with E-state index >= 15 is 0 Å². The molecule has 1 atom stereocenters. The zero-order valence-corrected chi connectivity index (χ0v) is 9.94. The predicted molar refractivity (Wildman–Crippen MR) is 60.2 cm³/mol. The minimum Gasteiger partial charge on any atom is -0.481 e. The molecular weight excluding hydrogens is 224 g/mol. The van der Waals surface area contributed by atoms with Crippen LogP contribution in [0.15, 0.2) is 0 Å². The first-order valence-electron chi connectivity index (χ1n) is 5.75. The normalized spacial score (nSPS) is 19.8. The van der Waals surface area contributed by atoms with Crippen LogP contribution in [0.1, 0.15) is 26.2 Å². The predicted octanol–water partition coefficient (Wildman–Crippen LogP) is -0.164. The van der Waals surface area contributed by atoms with Crippen LogP contribution in [0.25, 0.3) is 0 Å². The number of hydrogen-bond donors (Lipinski definition) is 2. The number of likely N-dealkylation sites (tertiary alicyclic amines) is 1. The first kappa shape index (κ1) is 13.5.